The largest absolute Gasteiger partial charge is 0.443 e. The van der Waals surface area contributed by atoms with Crippen molar-refractivity contribution in [3.05, 3.63) is 24.8 Å². The fourth-order valence-electron chi connectivity index (χ4n) is 4.53. The fourth-order valence-corrected chi connectivity index (χ4v) is 4.53. The Labute approximate surface area is 247 Å². The molecule has 0 spiro atoms. The molecule has 0 saturated heterocycles. The Kier molecular flexibility index (Phi) is 9.16. The van der Waals surface area contributed by atoms with Gasteiger partial charge in [-0.05, 0) is 88.7 Å². The van der Waals surface area contributed by atoms with Gasteiger partial charge >= 0.3 is 12.2 Å². The molecule has 0 radical (unpaired) electrons. The summed E-state index contributed by atoms with van der Waals surface area (Å²) in [6.07, 6.45) is -1.80. The van der Waals surface area contributed by atoms with Crippen molar-refractivity contribution < 1.29 is 32.9 Å². The molecule has 2 aromatic heterocycles. The topological polar surface area (TPSA) is 118 Å². The van der Waals surface area contributed by atoms with Crippen LogP contribution in [0, 0.1) is 5.92 Å². The van der Waals surface area contributed by atoms with E-state index < -0.39 is 58.8 Å². The van der Waals surface area contributed by atoms with Gasteiger partial charge in [-0.3, -0.25) is 0 Å². The Hall–Kier alpha value is -3.12. The summed E-state index contributed by atoms with van der Waals surface area (Å²) in [5.41, 5.74) is -2.09. The summed E-state index contributed by atoms with van der Waals surface area (Å²) in [6, 6.07) is -0.907. The van der Waals surface area contributed by atoms with Crippen molar-refractivity contribution in [3.8, 4) is 0 Å². The van der Waals surface area contributed by atoms with E-state index in [2.05, 4.69) is 21.5 Å². The van der Waals surface area contributed by atoms with Gasteiger partial charge in [0.05, 0.1) is 30.2 Å². The summed E-state index contributed by atoms with van der Waals surface area (Å²) in [5.74, 6) is -0.612. The van der Waals surface area contributed by atoms with Gasteiger partial charge in [0.15, 0.2) is 23.2 Å². The minimum Gasteiger partial charge on any atom is -0.443 e. The Morgan fingerprint density at radius 3 is 1.90 bits per heavy atom. The summed E-state index contributed by atoms with van der Waals surface area (Å²) in [5, 5.41) is 0. The van der Waals surface area contributed by atoms with Gasteiger partial charge in [-0.2, -0.15) is 4.90 Å². The molecular formula is C30H46FN5O6. The van der Waals surface area contributed by atoms with Gasteiger partial charge in [-0.15, -0.1) is 0 Å². The number of imide groups is 1. The first-order valence-corrected chi connectivity index (χ1v) is 14.1. The Morgan fingerprint density at radius 1 is 0.881 bits per heavy atom. The molecule has 2 aromatic rings. The summed E-state index contributed by atoms with van der Waals surface area (Å²) >= 11 is 0. The number of carbonyl (C=O) groups is 2. The molecule has 1 fully saturated rings. The lowest BCUT2D eigenvalue weighted by Gasteiger charge is -2.31. The summed E-state index contributed by atoms with van der Waals surface area (Å²) in [6.45, 7) is 25.9. The van der Waals surface area contributed by atoms with E-state index in [4.69, 9.17) is 18.9 Å². The lowest BCUT2D eigenvalue weighted by molar-refractivity contribution is -0.118. The summed E-state index contributed by atoms with van der Waals surface area (Å²) in [4.78, 5) is 40.2. The van der Waals surface area contributed by atoms with E-state index in [0.29, 0.717) is 10.5 Å². The maximum absolute atomic E-state index is 16.4. The Balaban J connectivity index is 2.11. The predicted octanol–water partition coefficient (Wildman–Crippen LogP) is 6.57. The van der Waals surface area contributed by atoms with Crippen LogP contribution in [0.1, 0.15) is 89.1 Å². The van der Waals surface area contributed by atoms with E-state index in [1.165, 1.54) is 17.2 Å². The quantitative estimate of drug-likeness (QED) is 0.356. The lowest BCUT2D eigenvalue weighted by Crippen LogP contribution is -2.44. The number of imidazole rings is 1. The zero-order valence-corrected chi connectivity index (χ0v) is 26.9. The van der Waals surface area contributed by atoms with E-state index >= 15 is 4.39 Å². The average Bonchev–Trinajstić information content (AvgIpc) is 3.27. The van der Waals surface area contributed by atoms with Crippen LogP contribution in [-0.4, -0.2) is 73.0 Å². The number of carbonyl (C=O) groups excluding carboxylic acids is 2. The first-order valence-electron chi connectivity index (χ1n) is 14.1. The lowest BCUT2D eigenvalue weighted by atomic mass is 10.0. The van der Waals surface area contributed by atoms with Crippen molar-refractivity contribution in [1.82, 2.24) is 19.5 Å². The van der Waals surface area contributed by atoms with Gasteiger partial charge in [0.25, 0.3) is 0 Å². The average molecular weight is 592 g/mol. The maximum Gasteiger partial charge on any atom is 0.425 e. The molecule has 0 bridgehead atoms. The molecule has 0 aliphatic heterocycles. The maximum atomic E-state index is 16.4. The predicted molar refractivity (Wildman–Crippen MR) is 157 cm³/mol. The van der Waals surface area contributed by atoms with Crippen LogP contribution in [0.2, 0.25) is 0 Å². The monoisotopic (exact) mass is 591 g/mol. The van der Waals surface area contributed by atoms with Crippen LogP contribution >= 0.6 is 0 Å². The highest BCUT2D eigenvalue weighted by Gasteiger charge is 2.50. The first-order chi connectivity index (χ1) is 19.0. The molecule has 0 aromatic carbocycles. The van der Waals surface area contributed by atoms with Gasteiger partial charge in [0, 0.05) is 5.92 Å². The molecule has 2 heterocycles. The molecule has 2 unspecified atom stereocenters. The first kappa shape index (κ1) is 33.4. The SMILES string of the molecule is C=C1[C@@H](n2cnc3c(N(C(=O)OC(C)(C)C)C(=O)OC(C)(C)C)ncnc32)C(F)C(OC(C)(C)C)[C@H]1COC(C)(C)C. The molecule has 1 saturated carbocycles. The number of hydrogen-bond donors (Lipinski definition) is 0. The molecule has 1 aliphatic carbocycles. The molecule has 2 amide bonds. The van der Waals surface area contributed by atoms with Crippen molar-refractivity contribution in [2.45, 2.75) is 124 Å². The highest BCUT2D eigenvalue weighted by atomic mass is 19.1. The smallest absolute Gasteiger partial charge is 0.425 e. The van der Waals surface area contributed by atoms with Crippen LogP contribution in [0.25, 0.3) is 11.2 Å². The second kappa shape index (κ2) is 11.5. The van der Waals surface area contributed by atoms with Crippen LogP contribution in [0.15, 0.2) is 24.8 Å². The van der Waals surface area contributed by atoms with Crippen molar-refractivity contribution in [1.29, 1.82) is 0 Å². The molecular weight excluding hydrogens is 545 g/mol. The molecule has 12 heteroatoms. The van der Waals surface area contributed by atoms with E-state index in [0.717, 1.165) is 0 Å². The number of amides is 2. The normalized spacial score (nSPS) is 22.0. The van der Waals surface area contributed by atoms with Gasteiger partial charge < -0.3 is 23.5 Å². The Morgan fingerprint density at radius 2 is 1.43 bits per heavy atom. The minimum atomic E-state index is -1.52. The molecule has 11 nitrogen and oxygen atoms in total. The van der Waals surface area contributed by atoms with Gasteiger partial charge in [-0.25, -0.2) is 28.9 Å². The second-order valence-corrected chi connectivity index (χ2v) is 14.5. The highest BCUT2D eigenvalue weighted by Crippen LogP contribution is 2.46. The number of anilines is 1. The van der Waals surface area contributed by atoms with E-state index in [1.807, 2.05) is 41.5 Å². The van der Waals surface area contributed by atoms with Crippen LogP contribution in [0.4, 0.5) is 19.8 Å². The third-order valence-corrected chi connectivity index (χ3v) is 6.06. The van der Waals surface area contributed by atoms with Crippen LogP contribution in [0.5, 0.6) is 0 Å². The Bertz CT molecular complexity index is 1290. The zero-order valence-electron chi connectivity index (χ0n) is 26.9. The number of hydrogen-bond acceptors (Lipinski definition) is 9. The van der Waals surface area contributed by atoms with Crippen LogP contribution in [0.3, 0.4) is 0 Å². The van der Waals surface area contributed by atoms with E-state index in [1.54, 1.807) is 41.5 Å². The number of halogens is 1. The van der Waals surface area contributed by atoms with Gasteiger partial charge in [0.1, 0.15) is 23.6 Å². The number of rotatable bonds is 5. The second-order valence-electron chi connectivity index (χ2n) is 14.5. The molecule has 0 N–H and O–H groups in total. The van der Waals surface area contributed by atoms with Gasteiger partial charge in [0.2, 0.25) is 0 Å². The van der Waals surface area contributed by atoms with E-state index in [-0.39, 0.29) is 23.6 Å². The molecule has 42 heavy (non-hydrogen) atoms. The molecule has 1 aliphatic rings. The van der Waals surface area contributed by atoms with Crippen molar-refractivity contribution in [3.63, 3.8) is 0 Å². The molecule has 3 rings (SSSR count). The summed E-state index contributed by atoms with van der Waals surface area (Å²) in [7, 11) is 0. The third kappa shape index (κ3) is 8.03. The number of nitrogens with zero attached hydrogens (tertiary/aromatic N) is 5. The minimum absolute atomic E-state index is 0.0805. The standard InChI is InChI=1S/C30H46FN5O6/c1-17-18(14-39-27(2,3)4)22(40-28(5,6)7)19(31)21(17)35-16-34-20-23(35)32-15-33-24(20)36(25(37)41-29(8,9)10)26(38)42-30(11,12)13/h15-16,18-19,21-22H,1,14H2,2-13H3/t18-,19?,21+,22?/m0/s1. The zero-order chi connectivity index (χ0) is 32.0. The number of alkyl halides is 1. The number of fused-ring (bicyclic) bond motifs is 1. The van der Waals surface area contributed by atoms with Crippen molar-refractivity contribution >= 4 is 29.2 Å². The van der Waals surface area contributed by atoms with Gasteiger partial charge in [-0.1, -0.05) is 6.58 Å². The number of ether oxygens (including phenoxy) is 4. The summed E-state index contributed by atoms with van der Waals surface area (Å²) < 4.78 is 41.2. The van der Waals surface area contributed by atoms with Crippen LogP contribution < -0.4 is 4.90 Å². The highest BCUT2D eigenvalue weighted by molar-refractivity contribution is 6.12. The van der Waals surface area contributed by atoms with Crippen molar-refractivity contribution in [2.75, 3.05) is 11.5 Å². The van der Waals surface area contributed by atoms with Crippen LogP contribution in [-0.2, 0) is 18.9 Å². The third-order valence-electron chi connectivity index (χ3n) is 6.06. The number of aromatic nitrogens is 4. The van der Waals surface area contributed by atoms with E-state index in [9.17, 15) is 9.59 Å². The van der Waals surface area contributed by atoms with Crippen molar-refractivity contribution in [2.24, 2.45) is 5.92 Å². The fraction of sp³-hybridized carbons (Fsp3) is 0.700. The molecule has 234 valence electrons. The molecule has 4 atom stereocenters.